The van der Waals surface area contributed by atoms with E-state index in [-0.39, 0.29) is 11.7 Å². The summed E-state index contributed by atoms with van der Waals surface area (Å²) in [7, 11) is 3.08. The molecule has 0 atom stereocenters. The Bertz CT molecular complexity index is 1530. The number of ether oxygens (including phenoxy) is 2. The Morgan fingerprint density at radius 3 is 2.57 bits per heavy atom. The van der Waals surface area contributed by atoms with Gasteiger partial charge in [0, 0.05) is 29.2 Å². The summed E-state index contributed by atoms with van der Waals surface area (Å²) in [6.07, 6.45) is 2.14. The first-order valence-corrected chi connectivity index (χ1v) is 12.0. The Labute approximate surface area is 214 Å². The van der Waals surface area contributed by atoms with E-state index in [2.05, 4.69) is 15.8 Å². The van der Waals surface area contributed by atoms with Gasteiger partial charge in [-0.15, -0.1) is 0 Å². The molecule has 0 fully saturated rings. The van der Waals surface area contributed by atoms with Crippen molar-refractivity contribution in [3.8, 4) is 11.5 Å². The summed E-state index contributed by atoms with van der Waals surface area (Å²) < 4.78 is 16.6. The number of hydrogen-bond acceptors (Lipinski definition) is 6. The quantitative estimate of drug-likeness (QED) is 0.344. The lowest BCUT2D eigenvalue weighted by Crippen LogP contribution is -2.22. The van der Waals surface area contributed by atoms with Gasteiger partial charge in [0.05, 0.1) is 25.6 Å². The molecular formula is C29H27N3O5. The highest BCUT2D eigenvalue weighted by Gasteiger charge is 2.28. The molecule has 1 heterocycles. The number of hydrazone groups is 1. The van der Waals surface area contributed by atoms with Gasteiger partial charge in [-0.3, -0.25) is 9.59 Å². The SMILES string of the molecule is COc1ccc(OC)c(NC(=O)c2oc3c(c2C)/C(=N/NC(=O)c2cccc4ccccc24)CCC3)c1. The molecule has 0 spiro atoms. The first kappa shape index (κ1) is 24.1. The summed E-state index contributed by atoms with van der Waals surface area (Å²) in [5, 5.41) is 9.17. The predicted molar refractivity (Wildman–Crippen MR) is 142 cm³/mol. The number of carbonyl (C=O) groups is 2. The molecule has 5 rings (SSSR count). The summed E-state index contributed by atoms with van der Waals surface area (Å²) in [6, 6.07) is 18.5. The van der Waals surface area contributed by atoms with E-state index in [1.807, 2.05) is 43.3 Å². The lowest BCUT2D eigenvalue weighted by molar-refractivity contribution is 0.0955. The summed E-state index contributed by atoms with van der Waals surface area (Å²) in [4.78, 5) is 26.2. The number of aryl methyl sites for hydroxylation is 1. The maximum Gasteiger partial charge on any atom is 0.291 e. The maximum absolute atomic E-state index is 13.2. The third-order valence-electron chi connectivity index (χ3n) is 6.51. The number of furan rings is 1. The Balaban J connectivity index is 1.41. The lowest BCUT2D eigenvalue weighted by Gasteiger charge is -2.14. The van der Waals surface area contributed by atoms with E-state index in [0.717, 1.165) is 22.8 Å². The zero-order valence-corrected chi connectivity index (χ0v) is 20.9. The van der Waals surface area contributed by atoms with E-state index in [4.69, 9.17) is 13.9 Å². The van der Waals surface area contributed by atoms with Crippen molar-refractivity contribution in [3.05, 3.63) is 88.9 Å². The number of benzene rings is 3. The summed E-state index contributed by atoms with van der Waals surface area (Å²) in [5.41, 5.74) is 5.86. The fourth-order valence-electron chi connectivity index (χ4n) is 4.69. The number of hydrogen-bond donors (Lipinski definition) is 2. The van der Waals surface area contributed by atoms with Crippen LogP contribution in [0.3, 0.4) is 0 Å². The van der Waals surface area contributed by atoms with Crippen LogP contribution in [-0.4, -0.2) is 31.7 Å². The van der Waals surface area contributed by atoms with Crippen LogP contribution in [0, 0.1) is 6.92 Å². The van der Waals surface area contributed by atoms with Gasteiger partial charge in [0.2, 0.25) is 0 Å². The number of rotatable bonds is 6. The number of carbonyl (C=O) groups excluding carboxylic acids is 2. The van der Waals surface area contributed by atoms with E-state index in [0.29, 0.717) is 52.6 Å². The molecule has 3 aromatic carbocycles. The minimum absolute atomic E-state index is 0.199. The summed E-state index contributed by atoms with van der Waals surface area (Å²) >= 11 is 0. The average molecular weight is 498 g/mol. The van der Waals surface area contributed by atoms with Crippen molar-refractivity contribution in [2.24, 2.45) is 5.10 Å². The van der Waals surface area contributed by atoms with Gasteiger partial charge in [-0.1, -0.05) is 36.4 Å². The second kappa shape index (κ2) is 10.2. The molecule has 0 saturated carbocycles. The Morgan fingerprint density at radius 2 is 1.76 bits per heavy atom. The maximum atomic E-state index is 13.2. The van der Waals surface area contributed by atoms with Gasteiger partial charge in [-0.05, 0) is 48.7 Å². The van der Waals surface area contributed by atoms with Crippen LogP contribution in [-0.2, 0) is 6.42 Å². The largest absolute Gasteiger partial charge is 0.497 e. The highest BCUT2D eigenvalue weighted by molar-refractivity contribution is 6.11. The van der Waals surface area contributed by atoms with Crippen LogP contribution >= 0.6 is 0 Å². The Kier molecular flexibility index (Phi) is 6.64. The molecule has 0 saturated heterocycles. The first-order valence-electron chi connectivity index (χ1n) is 12.0. The van der Waals surface area contributed by atoms with Crippen LogP contribution in [0.5, 0.6) is 11.5 Å². The van der Waals surface area contributed by atoms with Crippen LogP contribution < -0.4 is 20.2 Å². The van der Waals surface area contributed by atoms with Gasteiger partial charge in [0.15, 0.2) is 5.76 Å². The minimum atomic E-state index is -0.405. The second-order valence-electron chi connectivity index (χ2n) is 8.75. The third kappa shape index (κ3) is 4.65. The van der Waals surface area contributed by atoms with Crippen LogP contribution in [0.2, 0.25) is 0 Å². The number of fused-ring (bicyclic) bond motifs is 2. The van der Waals surface area contributed by atoms with E-state index >= 15 is 0 Å². The van der Waals surface area contributed by atoms with Gasteiger partial charge in [-0.25, -0.2) is 5.43 Å². The molecule has 2 N–H and O–H groups in total. The highest BCUT2D eigenvalue weighted by atomic mass is 16.5. The number of nitrogens with zero attached hydrogens (tertiary/aromatic N) is 1. The molecule has 1 aromatic heterocycles. The van der Waals surface area contributed by atoms with Crippen molar-refractivity contribution in [2.75, 3.05) is 19.5 Å². The summed E-state index contributed by atoms with van der Waals surface area (Å²) in [6.45, 7) is 1.83. The number of methoxy groups -OCH3 is 2. The van der Waals surface area contributed by atoms with Crippen molar-refractivity contribution < 1.29 is 23.5 Å². The monoisotopic (exact) mass is 497 g/mol. The van der Waals surface area contributed by atoms with Gasteiger partial charge in [0.1, 0.15) is 17.3 Å². The van der Waals surface area contributed by atoms with Crippen molar-refractivity contribution >= 4 is 34.0 Å². The Hall–Kier alpha value is -4.59. The normalized spacial score (nSPS) is 13.8. The van der Waals surface area contributed by atoms with Crippen LogP contribution in [0.4, 0.5) is 5.69 Å². The lowest BCUT2D eigenvalue weighted by atomic mass is 9.93. The van der Waals surface area contributed by atoms with E-state index in [1.165, 1.54) is 7.11 Å². The standard InChI is InChI=1S/C29H27N3O5/c1-17-26-22(31-32-28(33)21-11-6-9-18-8-4-5-10-20(18)21)12-7-13-25(26)37-27(17)29(34)30-23-16-19(35-2)14-15-24(23)36-3/h4-6,8-11,14-16H,7,12-13H2,1-3H3,(H,30,34)(H,32,33)/b31-22+. The smallest absolute Gasteiger partial charge is 0.291 e. The number of nitrogens with one attached hydrogen (secondary N) is 2. The predicted octanol–water partition coefficient (Wildman–Crippen LogP) is 5.48. The van der Waals surface area contributed by atoms with Crippen LogP contribution in [0.1, 0.15) is 50.6 Å². The van der Waals surface area contributed by atoms with Crippen LogP contribution in [0.15, 0.2) is 70.2 Å². The van der Waals surface area contributed by atoms with Gasteiger partial charge < -0.3 is 19.2 Å². The molecule has 1 aliphatic carbocycles. The number of amides is 2. The first-order chi connectivity index (χ1) is 18.0. The second-order valence-corrected chi connectivity index (χ2v) is 8.75. The van der Waals surface area contributed by atoms with Gasteiger partial charge in [-0.2, -0.15) is 5.10 Å². The molecule has 8 heteroatoms. The van der Waals surface area contributed by atoms with E-state index < -0.39 is 5.91 Å². The molecule has 2 amide bonds. The average Bonchev–Trinajstić information content (AvgIpc) is 3.28. The fraction of sp³-hybridized carbons (Fsp3) is 0.207. The van der Waals surface area contributed by atoms with E-state index in [1.54, 1.807) is 31.4 Å². The molecular weight excluding hydrogens is 470 g/mol. The molecule has 4 aromatic rings. The number of anilines is 1. The van der Waals surface area contributed by atoms with Crippen molar-refractivity contribution in [1.82, 2.24) is 5.43 Å². The van der Waals surface area contributed by atoms with Crippen molar-refractivity contribution in [1.29, 1.82) is 0 Å². The molecule has 1 aliphatic rings. The van der Waals surface area contributed by atoms with Crippen LogP contribution in [0.25, 0.3) is 10.8 Å². The molecule has 0 unspecified atom stereocenters. The molecule has 0 bridgehead atoms. The van der Waals surface area contributed by atoms with E-state index in [9.17, 15) is 9.59 Å². The zero-order chi connectivity index (χ0) is 25.9. The molecule has 37 heavy (non-hydrogen) atoms. The van der Waals surface area contributed by atoms with Gasteiger partial charge >= 0.3 is 0 Å². The molecule has 0 aliphatic heterocycles. The molecule has 188 valence electrons. The summed E-state index contributed by atoms with van der Waals surface area (Å²) in [5.74, 6) is 1.28. The van der Waals surface area contributed by atoms with Crippen molar-refractivity contribution in [3.63, 3.8) is 0 Å². The topological polar surface area (TPSA) is 102 Å². The minimum Gasteiger partial charge on any atom is -0.497 e. The van der Waals surface area contributed by atoms with Crippen molar-refractivity contribution in [2.45, 2.75) is 26.2 Å². The highest BCUT2D eigenvalue weighted by Crippen LogP contribution is 2.33. The Morgan fingerprint density at radius 1 is 0.946 bits per heavy atom. The van der Waals surface area contributed by atoms with Gasteiger partial charge in [0.25, 0.3) is 11.8 Å². The fourth-order valence-corrected chi connectivity index (χ4v) is 4.69. The third-order valence-corrected chi connectivity index (χ3v) is 6.51. The molecule has 8 nitrogen and oxygen atoms in total. The zero-order valence-electron chi connectivity index (χ0n) is 20.9. The molecule has 0 radical (unpaired) electrons.